The van der Waals surface area contributed by atoms with Gasteiger partial charge in [-0.3, -0.25) is 0 Å². The SMILES string of the molecule is Cc1cc(S(=O)(=O)N2CCc3c([nH]c4ccccc34)C2)c(Cl)cc1Cl. The standard InChI is InChI=1S/C18H16Cl2N2O2S/c1-11-8-18(15(20)9-14(11)19)25(23,24)22-7-6-13-12-4-2-3-5-16(12)21-17(13)10-22/h2-5,8-9,21H,6-7,10H2,1H3. The van der Waals surface area contributed by atoms with Crippen molar-refractivity contribution < 1.29 is 8.42 Å². The van der Waals surface area contributed by atoms with Crippen LogP contribution in [0.1, 0.15) is 16.8 Å². The second-order valence-corrected chi connectivity index (χ2v) is 8.97. The molecule has 0 aliphatic carbocycles. The van der Waals surface area contributed by atoms with Crippen LogP contribution in [0.4, 0.5) is 0 Å². The van der Waals surface area contributed by atoms with Crippen molar-refractivity contribution in [3.05, 3.63) is 63.3 Å². The van der Waals surface area contributed by atoms with Crippen LogP contribution in [0.3, 0.4) is 0 Å². The Balaban J connectivity index is 1.75. The minimum absolute atomic E-state index is 0.107. The van der Waals surface area contributed by atoms with Gasteiger partial charge in [0.15, 0.2) is 0 Å². The number of fused-ring (bicyclic) bond motifs is 3. The molecular formula is C18H16Cl2N2O2S. The predicted octanol–water partition coefficient (Wildman–Crippen LogP) is 4.53. The van der Waals surface area contributed by atoms with E-state index in [9.17, 15) is 8.42 Å². The van der Waals surface area contributed by atoms with Crippen molar-refractivity contribution >= 4 is 44.1 Å². The van der Waals surface area contributed by atoms with Crippen molar-refractivity contribution in [2.24, 2.45) is 0 Å². The first-order chi connectivity index (χ1) is 11.9. The highest BCUT2D eigenvalue weighted by atomic mass is 35.5. The number of hydrogen-bond donors (Lipinski definition) is 1. The van der Waals surface area contributed by atoms with E-state index in [1.807, 2.05) is 18.2 Å². The Hall–Kier alpha value is -1.53. The average Bonchev–Trinajstić information content (AvgIpc) is 2.95. The molecule has 4 nitrogen and oxygen atoms in total. The van der Waals surface area contributed by atoms with Crippen molar-refractivity contribution in [3.63, 3.8) is 0 Å². The zero-order valence-electron chi connectivity index (χ0n) is 13.5. The molecule has 2 heterocycles. The highest BCUT2D eigenvalue weighted by Crippen LogP contribution is 2.34. The van der Waals surface area contributed by atoms with E-state index in [1.54, 1.807) is 13.0 Å². The van der Waals surface area contributed by atoms with Crippen LogP contribution < -0.4 is 0 Å². The fourth-order valence-electron chi connectivity index (χ4n) is 3.34. The van der Waals surface area contributed by atoms with E-state index in [4.69, 9.17) is 23.2 Å². The number of para-hydroxylation sites is 1. The lowest BCUT2D eigenvalue weighted by Crippen LogP contribution is -2.36. The summed E-state index contributed by atoms with van der Waals surface area (Å²) in [4.78, 5) is 3.45. The Morgan fingerprint density at radius 3 is 2.68 bits per heavy atom. The van der Waals surface area contributed by atoms with Gasteiger partial charge in [0.05, 0.1) is 11.6 Å². The summed E-state index contributed by atoms with van der Waals surface area (Å²) in [5.74, 6) is 0. The van der Waals surface area contributed by atoms with Crippen molar-refractivity contribution in [2.75, 3.05) is 6.54 Å². The number of nitrogens with zero attached hydrogens (tertiary/aromatic N) is 1. The Morgan fingerprint density at radius 2 is 1.88 bits per heavy atom. The van der Waals surface area contributed by atoms with Gasteiger partial charge in [-0.2, -0.15) is 4.31 Å². The minimum Gasteiger partial charge on any atom is -0.357 e. The average molecular weight is 395 g/mol. The number of halogens is 2. The lowest BCUT2D eigenvalue weighted by atomic mass is 10.1. The smallest absolute Gasteiger partial charge is 0.244 e. The molecule has 2 aromatic carbocycles. The molecule has 1 N–H and O–H groups in total. The fraction of sp³-hybridized carbons (Fsp3) is 0.222. The lowest BCUT2D eigenvalue weighted by Gasteiger charge is -2.27. The van der Waals surface area contributed by atoms with Crippen LogP contribution in [-0.2, 0) is 23.0 Å². The van der Waals surface area contributed by atoms with Gasteiger partial charge in [-0.25, -0.2) is 8.42 Å². The number of aryl methyl sites for hydroxylation is 1. The van der Waals surface area contributed by atoms with Crippen molar-refractivity contribution in [3.8, 4) is 0 Å². The molecule has 0 amide bonds. The topological polar surface area (TPSA) is 53.2 Å². The third-order valence-corrected chi connectivity index (χ3v) is 7.40. The highest BCUT2D eigenvalue weighted by molar-refractivity contribution is 7.89. The van der Waals surface area contributed by atoms with E-state index in [0.29, 0.717) is 30.1 Å². The van der Waals surface area contributed by atoms with Crippen LogP contribution in [0, 0.1) is 6.92 Å². The Bertz CT molecular complexity index is 1090. The molecular weight excluding hydrogens is 379 g/mol. The van der Waals surface area contributed by atoms with Gasteiger partial charge < -0.3 is 4.98 Å². The molecule has 0 fully saturated rings. The molecule has 0 saturated carbocycles. The zero-order chi connectivity index (χ0) is 17.8. The second-order valence-electron chi connectivity index (χ2n) is 6.25. The number of sulfonamides is 1. The Morgan fingerprint density at radius 1 is 1.12 bits per heavy atom. The van der Waals surface area contributed by atoms with E-state index in [1.165, 1.54) is 15.9 Å². The van der Waals surface area contributed by atoms with Gasteiger partial charge in [-0.05, 0) is 42.7 Å². The van der Waals surface area contributed by atoms with E-state index in [2.05, 4.69) is 11.1 Å². The second kappa shape index (κ2) is 6.02. The van der Waals surface area contributed by atoms with Crippen molar-refractivity contribution in [1.29, 1.82) is 0 Å². The zero-order valence-corrected chi connectivity index (χ0v) is 15.8. The summed E-state index contributed by atoms with van der Waals surface area (Å²) in [5, 5.41) is 1.77. The molecule has 130 valence electrons. The summed E-state index contributed by atoms with van der Waals surface area (Å²) >= 11 is 12.2. The quantitative estimate of drug-likeness (QED) is 0.693. The van der Waals surface area contributed by atoms with Crippen LogP contribution in [-0.4, -0.2) is 24.3 Å². The summed E-state index contributed by atoms with van der Waals surface area (Å²) in [6.45, 7) is 2.50. The molecule has 0 saturated heterocycles. The van der Waals surface area contributed by atoms with Crippen LogP contribution in [0.5, 0.6) is 0 Å². The maximum absolute atomic E-state index is 13.1. The third-order valence-electron chi connectivity index (χ3n) is 4.68. The largest absolute Gasteiger partial charge is 0.357 e. The molecule has 4 rings (SSSR count). The molecule has 0 radical (unpaired) electrons. The molecule has 1 aliphatic rings. The third kappa shape index (κ3) is 2.75. The van der Waals surface area contributed by atoms with E-state index in [0.717, 1.165) is 16.6 Å². The van der Waals surface area contributed by atoms with Crippen LogP contribution in [0.15, 0.2) is 41.3 Å². The summed E-state index contributed by atoms with van der Waals surface area (Å²) in [6.07, 6.45) is 0.669. The van der Waals surface area contributed by atoms with Gasteiger partial charge in [0, 0.05) is 28.2 Å². The minimum atomic E-state index is -3.69. The predicted molar refractivity (Wildman–Crippen MR) is 101 cm³/mol. The van der Waals surface area contributed by atoms with Gasteiger partial charge in [0.1, 0.15) is 4.90 Å². The molecule has 3 aromatic rings. The number of benzene rings is 2. The summed E-state index contributed by atoms with van der Waals surface area (Å²) in [5.41, 5.74) is 3.86. The van der Waals surface area contributed by atoms with Gasteiger partial charge in [0.25, 0.3) is 0 Å². The molecule has 1 aromatic heterocycles. The number of H-pyrrole nitrogens is 1. The van der Waals surface area contributed by atoms with Crippen LogP contribution >= 0.6 is 23.2 Å². The molecule has 7 heteroatoms. The fourth-order valence-corrected chi connectivity index (χ4v) is 5.56. The normalized spacial score (nSPS) is 15.5. The van der Waals surface area contributed by atoms with Gasteiger partial charge >= 0.3 is 0 Å². The highest BCUT2D eigenvalue weighted by Gasteiger charge is 2.31. The summed E-state index contributed by atoms with van der Waals surface area (Å²) < 4.78 is 27.6. The molecule has 0 atom stereocenters. The van der Waals surface area contributed by atoms with Crippen LogP contribution in [0.25, 0.3) is 10.9 Å². The van der Waals surface area contributed by atoms with Gasteiger partial charge in [0.2, 0.25) is 10.0 Å². The van der Waals surface area contributed by atoms with E-state index in [-0.39, 0.29) is 9.92 Å². The number of aromatic nitrogens is 1. The monoisotopic (exact) mass is 394 g/mol. The Kier molecular flexibility index (Phi) is 4.07. The molecule has 1 aliphatic heterocycles. The number of hydrogen-bond acceptors (Lipinski definition) is 2. The van der Waals surface area contributed by atoms with Crippen LogP contribution in [0.2, 0.25) is 10.0 Å². The molecule has 0 unspecified atom stereocenters. The lowest BCUT2D eigenvalue weighted by molar-refractivity contribution is 0.388. The maximum atomic E-state index is 13.1. The molecule has 0 spiro atoms. The first-order valence-electron chi connectivity index (χ1n) is 7.92. The van der Waals surface area contributed by atoms with E-state index < -0.39 is 10.0 Å². The first kappa shape index (κ1) is 16.9. The number of aromatic amines is 1. The summed E-state index contributed by atoms with van der Waals surface area (Å²) in [6, 6.07) is 11.1. The Labute approximate surface area is 156 Å². The van der Waals surface area contributed by atoms with E-state index >= 15 is 0 Å². The molecule has 25 heavy (non-hydrogen) atoms. The number of rotatable bonds is 2. The first-order valence-corrected chi connectivity index (χ1v) is 10.1. The maximum Gasteiger partial charge on any atom is 0.244 e. The summed E-state index contributed by atoms with van der Waals surface area (Å²) in [7, 11) is -3.69. The van der Waals surface area contributed by atoms with Crippen molar-refractivity contribution in [1.82, 2.24) is 9.29 Å². The van der Waals surface area contributed by atoms with Crippen molar-refractivity contribution in [2.45, 2.75) is 24.8 Å². The molecule has 0 bridgehead atoms. The van der Waals surface area contributed by atoms with Gasteiger partial charge in [-0.15, -0.1) is 0 Å². The number of nitrogens with one attached hydrogen (secondary N) is 1. The van der Waals surface area contributed by atoms with Gasteiger partial charge in [-0.1, -0.05) is 41.4 Å².